The minimum Gasteiger partial charge on any atom is -0.474 e. The zero-order chi connectivity index (χ0) is 15.3. The molecule has 0 aliphatic carbocycles. The third-order valence-electron chi connectivity index (χ3n) is 3.39. The second-order valence-corrected chi connectivity index (χ2v) is 6.36. The molecule has 1 aromatic rings. The Morgan fingerprint density at radius 2 is 2.14 bits per heavy atom. The fraction of sp³-hybridized carbons (Fsp3) is 0.625. The number of ether oxygens (including phenoxy) is 2. The summed E-state index contributed by atoms with van der Waals surface area (Å²) < 4.78 is 11.2. The van der Waals surface area contributed by atoms with Crippen LogP contribution in [0.25, 0.3) is 0 Å². The van der Waals surface area contributed by atoms with Gasteiger partial charge in [-0.2, -0.15) is 0 Å². The van der Waals surface area contributed by atoms with Gasteiger partial charge in [0.1, 0.15) is 6.10 Å². The monoisotopic (exact) mass is 292 g/mol. The van der Waals surface area contributed by atoms with E-state index in [-0.39, 0.29) is 17.4 Å². The highest BCUT2D eigenvalue weighted by Gasteiger charge is 2.20. The summed E-state index contributed by atoms with van der Waals surface area (Å²) in [6.45, 7) is 7.67. The van der Waals surface area contributed by atoms with Gasteiger partial charge in [-0.1, -0.05) is 20.8 Å². The van der Waals surface area contributed by atoms with E-state index in [1.54, 1.807) is 6.20 Å². The summed E-state index contributed by atoms with van der Waals surface area (Å²) in [7, 11) is 0. The van der Waals surface area contributed by atoms with Crippen LogP contribution in [0.4, 0.5) is 0 Å². The topological polar surface area (TPSA) is 60.5 Å². The molecule has 2 heterocycles. The Balaban J connectivity index is 1.89. The summed E-state index contributed by atoms with van der Waals surface area (Å²) in [6.07, 6.45) is 3.68. The van der Waals surface area contributed by atoms with Gasteiger partial charge in [0.15, 0.2) is 0 Å². The standard InChI is InChI=1S/C16H24N2O3/c1-16(2,3)15(19)18-11-12-4-7-17-14(10-12)21-13-5-8-20-9-6-13/h4,7,10,13H,5-6,8-9,11H2,1-3H3,(H,18,19). The molecule has 0 unspecified atom stereocenters. The molecular formula is C16H24N2O3. The molecule has 21 heavy (non-hydrogen) atoms. The molecule has 1 N–H and O–H groups in total. The van der Waals surface area contributed by atoms with Gasteiger partial charge in [-0.25, -0.2) is 4.98 Å². The Morgan fingerprint density at radius 1 is 1.43 bits per heavy atom. The van der Waals surface area contributed by atoms with E-state index in [1.807, 2.05) is 32.9 Å². The Morgan fingerprint density at radius 3 is 2.81 bits per heavy atom. The average Bonchev–Trinajstić information content (AvgIpc) is 2.45. The smallest absolute Gasteiger partial charge is 0.225 e. The zero-order valence-corrected chi connectivity index (χ0v) is 13.0. The van der Waals surface area contributed by atoms with Crippen molar-refractivity contribution in [2.45, 2.75) is 46.3 Å². The number of carbonyl (C=O) groups is 1. The summed E-state index contributed by atoms with van der Waals surface area (Å²) >= 11 is 0. The minimum absolute atomic E-state index is 0.0335. The quantitative estimate of drug-likeness (QED) is 0.925. The van der Waals surface area contributed by atoms with Gasteiger partial charge in [0.05, 0.1) is 13.2 Å². The van der Waals surface area contributed by atoms with Crippen molar-refractivity contribution < 1.29 is 14.3 Å². The molecule has 2 rings (SSSR count). The number of rotatable bonds is 4. The highest BCUT2D eigenvalue weighted by atomic mass is 16.5. The van der Waals surface area contributed by atoms with Crippen LogP contribution in [0.15, 0.2) is 18.3 Å². The van der Waals surface area contributed by atoms with Crippen molar-refractivity contribution in [3.8, 4) is 5.88 Å². The molecule has 0 bridgehead atoms. The Kier molecular flexibility index (Phi) is 5.17. The molecule has 0 aromatic carbocycles. The molecule has 0 saturated carbocycles. The van der Waals surface area contributed by atoms with Gasteiger partial charge >= 0.3 is 0 Å². The van der Waals surface area contributed by atoms with E-state index >= 15 is 0 Å². The maximum Gasteiger partial charge on any atom is 0.225 e. The normalized spacial score (nSPS) is 16.5. The number of aromatic nitrogens is 1. The highest BCUT2D eigenvalue weighted by molar-refractivity contribution is 5.81. The fourth-order valence-corrected chi connectivity index (χ4v) is 2.04. The maximum atomic E-state index is 11.9. The predicted octanol–water partition coefficient (Wildman–Crippen LogP) is 2.30. The van der Waals surface area contributed by atoms with Gasteiger partial charge in [0.2, 0.25) is 11.8 Å². The Labute approximate surface area is 126 Å². The second-order valence-electron chi connectivity index (χ2n) is 6.36. The van der Waals surface area contributed by atoms with Crippen LogP contribution in [0.1, 0.15) is 39.2 Å². The van der Waals surface area contributed by atoms with Crippen LogP contribution in [0.2, 0.25) is 0 Å². The van der Waals surface area contributed by atoms with Crippen LogP contribution in [0.3, 0.4) is 0 Å². The van der Waals surface area contributed by atoms with E-state index in [9.17, 15) is 4.79 Å². The Bertz CT molecular complexity index is 477. The molecule has 1 aromatic heterocycles. The summed E-state index contributed by atoms with van der Waals surface area (Å²) in [6, 6.07) is 3.78. The highest BCUT2D eigenvalue weighted by Crippen LogP contribution is 2.17. The molecule has 1 amide bonds. The molecule has 5 heteroatoms. The molecule has 0 spiro atoms. The summed E-state index contributed by atoms with van der Waals surface area (Å²) in [5, 5.41) is 2.93. The number of hydrogen-bond acceptors (Lipinski definition) is 4. The lowest BCUT2D eigenvalue weighted by Gasteiger charge is -2.23. The van der Waals surface area contributed by atoms with Crippen LogP contribution in [-0.2, 0) is 16.1 Å². The van der Waals surface area contributed by atoms with Crippen LogP contribution >= 0.6 is 0 Å². The number of pyridine rings is 1. The van der Waals surface area contributed by atoms with E-state index in [2.05, 4.69) is 10.3 Å². The third kappa shape index (κ3) is 5.01. The van der Waals surface area contributed by atoms with Crippen molar-refractivity contribution in [1.29, 1.82) is 0 Å². The van der Waals surface area contributed by atoms with E-state index < -0.39 is 0 Å². The predicted molar refractivity (Wildman–Crippen MR) is 80.0 cm³/mol. The largest absolute Gasteiger partial charge is 0.474 e. The van der Waals surface area contributed by atoms with Crippen LogP contribution < -0.4 is 10.1 Å². The molecule has 1 aliphatic heterocycles. The average molecular weight is 292 g/mol. The first-order valence-electron chi connectivity index (χ1n) is 7.43. The molecule has 0 atom stereocenters. The lowest BCUT2D eigenvalue weighted by molar-refractivity contribution is -0.128. The van der Waals surface area contributed by atoms with Gasteiger partial charge in [0, 0.05) is 37.1 Å². The van der Waals surface area contributed by atoms with Gasteiger partial charge in [-0.3, -0.25) is 4.79 Å². The van der Waals surface area contributed by atoms with Gasteiger partial charge < -0.3 is 14.8 Å². The van der Waals surface area contributed by atoms with Crippen LogP contribution in [0.5, 0.6) is 5.88 Å². The first kappa shape index (κ1) is 15.8. The van der Waals surface area contributed by atoms with Crippen molar-refractivity contribution >= 4 is 5.91 Å². The second kappa shape index (κ2) is 6.89. The molecular weight excluding hydrogens is 268 g/mol. The van der Waals surface area contributed by atoms with E-state index in [0.29, 0.717) is 12.4 Å². The fourth-order valence-electron chi connectivity index (χ4n) is 2.04. The number of nitrogens with one attached hydrogen (secondary N) is 1. The number of nitrogens with zero attached hydrogens (tertiary/aromatic N) is 1. The Hall–Kier alpha value is -1.62. The first-order valence-corrected chi connectivity index (χ1v) is 7.43. The number of carbonyl (C=O) groups excluding carboxylic acids is 1. The molecule has 116 valence electrons. The lowest BCUT2D eigenvalue weighted by Crippen LogP contribution is -2.34. The third-order valence-corrected chi connectivity index (χ3v) is 3.39. The molecule has 5 nitrogen and oxygen atoms in total. The molecule has 0 radical (unpaired) electrons. The number of hydrogen-bond donors (Lipinski definition) is 1. The van der Waals surface area contributed by atoms with Gasteiger partial charge in [0.25, 0.3) is 0 Å². The van der Waals surface area contributed by atoms with Crippen molar-refractivity contribution in [2.75, 3.05) is 13.2 Å². The summed E-state index contributed by atoms with van der Waals surface area (Å²) in [5.74, 6) is 0.649. The van der Waals surface area contributed by atoms with Gasteiger partial charge in [-0.05, 0) is 11.6 Å². The lowest BCUT2D eigenvalue weighted by atomic mass is 9.95. The van der Waals surface area contributed by atoms with Crippen LogP contribution in [-0.4, -0.2) is 30.2 Å². The zero-order valence-electron chi connectivity index (χ0n) is 13.0. The van der Waals surface area contributed by atoms with Crippen molar-refractivity contribution in [3.05, 3.63) is 23.9 Å². The molecule has 1 fully saturated rings. The van der Waals surface area contributed by atoms with Crippen LogP contribution in [0, 0.1) is 5.41 Å². The van der Waals surface area contributed by atoms with Crippen molar-refractivity contribution in [3.63, 3.8) is 0 Å². The minimum atomic E-state index is -0.380. The SMILES string of the molecule is CC(C)(C)C(=O)NCc1ccnc(OC2CCOCC2)c1. The summed E-state index contributed by atoms with van der Waals surface area (Å²) in [5.41, 5.74) is 0.610. The number of amides is 1. The van der Waals surface area contributed by atoms with Crippen molar-refractivity contribution in [1.82, 2.24) is 10.3 Å². The molecule has 1 aliphatic rings. The van der Waals surface area contributed by atoms with E-state index in [0.717, 1.165) is 31.6 Å². The van der Waals surface area contributed by atoms with E-state index in [1.165, 1.54) is 0 Å². The summed E-state index contributed by atoms with van der Waals surface area (Å²) in [4.78, 5) is 16.1. The van der Waals surface area contributed by atoms with Gasteiger partial charge in [-0.15, -0.1) is 0 Å². The van der Waals surface area contributed by atoms with Crippen molar-refractivity contribution in [2.24, 2.45) is 5.41 Å². The maximum absolute atomic E-state index is 11.9. The first-order chi connectivity index (χ1) is 9.95. The van der Waals surface area contributed by atoms with E-state index in [4.69, 9.17) is 9.47 Å². The molecule has 1 saturated heterocycles.